The van der Waals surface area contributed by atoms with Gasteiger partial charge in [0, 0.05) is 88.6 Å². The Balaban J connectivity index is 0.000000215. The Bertz CT molecular complexity index is 3360. The minimum atomic E-state index is -0.640. The number of imide groups is 3. The maximum atomic E-state index is 12.8. The Morgan fingerprint density at radius 2 is 1.09 bits per heavy atom. The van der Waals surface area contributed by atoms with Crippen LogP contribution in [0.5, 0.6) is 0 Å². The zero-order valence-corrected chi connectivity index (χ0v) is 55.5. The number of piperazine rings is 1. The molecule has 32 heteroatoms. The van der Waals surface area contributed by atoms with Gasteiger partial charge in [0.2, 0.25) is 35.4 Å². The number of nitrogens with one attached hydrogen (secondary N) is 4. The van der Waals surface area contributed by atoms with Crippen LogP contribution in [0.2, 0.25) is 15.5 Å². The number of ether oxygens (including phenoxy) is 3. The molecule has 7 aliphatic heterocycles. The van der Waals surface area contributed by atoms with Gasteiger partial charge in [-0.2, -0.15) is 0 Å². The molecule has 0 spiro atoms. The Labute approximate surface area is 554 Å². The minimum Gasteiger partial charge on any atom is -0.465 e. The number of nitrogens with two attached hydrogens (primary N) is 1. The lowest BCUT2D eigenvalue weighted by atomic mass is 10.0. The van der Waals surface area contributed by atoms with Gasteiger partial charge in [0.25, 0.3) is 11.8 Å². The lowest BCUT2D eigenvalue weighted by molar-refractivity contribution is -0.138. The summed E-state index contributed by atoms with van der Waals surface area (Å²) in [5.41, 5.74) is 9.69. The third-order valence-electron chi connectivity index (χ3n) is 14.5. The molecule has 3 atom stereocenters. The van der Waals surface area contributed by atoms with E-state index in [0.29, 0.717) is 108 Å². The number of anilines is 1. The zero-order chi connectivity index (χ0) is 66.0. The average Bonchev–Trinajstić information content (AvgIpc) is 1.86. The first kappa shape index (κ1) is 74.3. The summed E-state index contributed by atoms with van der Waals surface area (Å²) in [5, 5.41) is 11.6. The predicted molar refractivity (Wildman–Crippen MR) is 338 cm³/mol. The first-order chi connectivity index (χ1) is 42.7. The van der Waals surface area contributed by atoms with Crippen LogP contribution in [0.1, 0.15) is 142 Å². The number of piperidine rings is 4. The molecule has 11 heterocycles. The number of methoxy groups -OCH3 is 2. The van der Waals surface area contributed by atoms with Crippen LogP contribution in [0.15, 0.2) is 49.1 Å². The van der Waals surface area contributed by atoms with Gasteiger partial charge in [-0.1, -0.05) is 57.2 Å². The number of nitrogens with zero attached hydrogens (tertiary/aromatic N) is 8. The number of esters is 2. The molecule has 492 valence electrons. The van der Waals surface area contributed by atoms with Gasteiger partial charge >= 0.3 is 18.0 Å². The second kappa shape index (κ2) is 34.8. The van der Waals surface area contributed by atoms with E-state index in [1.807, 2.05) is 26.8 Å². The third-order valence-corrected chi connectivity index (χ3v) is 15.7. The van der Waals surface area contributed by atoms with Crippen LogP contribution in [0.25, 0.3) is 0 Å². The van der Waals surface area contributed by atoms with Crippen LogP contribution in [0.3, 0.4) is 0 Å². The maximum absolute atomic E-state index is 12.8. The topological polar surface area (TPSA) is 354 Å². The second-order valence-electron chi connectivity index (χ2n) is 22.1. The molecule has 6 N–H and O–H groups in total. The normalized spacial score (nSPS) is 19.1. The standard InChI is InChI=1S/C21H27N5O5.C12H10ClN3O3.C8H7BrClNO2.C8H8ClNO2.C5H8N2O2.C5H11N.ClH/c1-21(2,3)31-20(30)25-8-6-24(7-9-25)16-10-13-12-26(19(29)14(13)11-22-16)15-4-5-17(27)23-18(15)28;13-9-3-6-5-16(12(19)7(6)4-14-9)8-1-2-10(17)15-11(8)18;1-13-8(12)6-4-11-7(10)2-5(6)3-9;1-5-3-7(9)10-4-6(5)8(11)12-2;6-3-1-2-4(8)7-5(3)9;1-2-4-6-5-3-1;/h10-11,15H,4-9,12H2,1-3H3,(H,23,27,28);3-4,8H,1-2,5H2,(H,15,17,18);2,4H,3H2,1H3;3-4H,1-2H3;3H,1-2,6H2,(H,7,8,9);6H,1-5H2;1H. The first-order valence-electron chi connectivity index (χ1n) is 28.7. The monoisotopic (exact) mass is 1410 g/mol. The van der Waals surface area contributed by atoms with E-state index in [-0.39, 0.29) is 66.8 Å². The highest BCUT2D eigenvalue weighted by atomic mass is 79.9. The molecule has 0 aliphatic carbocycles. The molecule has 0 bridgehead atoms. The van der Waals surface area contributed by atoms with E-state index in [2.05, 4.69) is 71.5 Å². The molecular weight excluding hydrogens is 1340 g/mol. The Kier molecular flexibility index (Phi) is 28.4. The molecule has 4 aromatic heterocycles. The highest BCUT2D eigenvalue weighted by Crippen LogP contribution is 2.31. The van der Waals surface area contributed by atoms with E-state index >= 15 is 0 Å². The fourth-order valence-electron chi connectivity index (χ4n) is 9.73. The van der Waals surface area contributed by atoms with Gasteiger partial charge in [0.05, 0.1) is 42.5 Å². The van der Waals surface area contributed by atoms with Crippen molar-refractivity contribution in [1.29, 1.82) is 0 Å². The highest BCUT2D eigenvalue weighted by molar-refractivity contribution is 9.08. The fraction of sp³-hybridized carbons (Fsp3) is 0.475. The van der Waals surface area contributed by atoms with Gasteiger partial charge in [-0.25, -0.2) is 34.3 Å². The number of pyridine rings is 4. The van der Waals surface area contributed by atoms with E-state index in [0.717, 1.165) is 28.1 Å². The summed E-state index contributed by atoms with van der Waals surface area (Å²) >= 11 is 20.3. The van der Waals surface area contributed by atoms with Crippen LogP contribution in [-0.2, 0) is 61.4 Å². The van der Waals surface area contributed by atoms with Gasteiger partial charge in [0.15, 0.2) is 0 Å². The predicted octanol–water partition coefficient (Wildman–Crippen LogP) is 5.57. The molecule has 3 unspecified atom stereocenters. The Morgan fingerprint density at radius 1 is 0.626 bits per heavy atom. The van der Waals surface area contributed by atoms with Crippen molar-refractivity contribution in [1.82, 2.24) is 55.9 Å². The molecule has 0 aromatic carbocycles. The van der Waals surface area contributed by atoms with Crippen molar-refractivity contribution in [3.8, 4) is 0 Å². The van der Waals surface area contributed by atoms with E-state index in [1.54, 1.807) is 36.2 Å². The zero-order valence-electron chi connectivity index (χ0n) is 50.9. The first-order valence-corrected chi connectivity index (χ1v) is 30.9. The van der Waals surface area contributed by atoms with Crippen molar-refractivity contribution in [3.63, 3.8) is 0 Å². The number of hydrogen-bond donors (Lipinski definition) is 5. The summed E-state index contributed by atoms with van der Waals surface area (Å²) in [5.74, 6) is -2.56. The molecule has 0 radical (unpaired) electrons. The summed E-state index contributed by atoms with van der Waals surface area (Å²) in [6.07, 6.45) is 11.7. The van der Waals surface area contributed by atoms with Gasteiger partial charge in [-0.05, 0) is 119 Å². The summed E-state index contributed by atoms with van der Waals surface area (Å²) < 4.78 is 14.5. The van der Waals surface area contributed by atoms with Gasteiger partial charge in [-0.15, -0.1) is 12.4 Å². The van der Waals surface area contributed by atoms with Crippen molar-refractivity contribution >= 4 is 134 Å². The maximum Gasteiger partial charge on any atom is 0.410 e. The van der Waals surface area contributed by atoms with Crippen LogP contribution >= 0.6 is 63.1 Å². The van der Waals surface area contributed by atoms with E-state index < -0.39 is 47.5 Å². The lowest BCUT2D eigenvalue weighted by Gasteiger charge is -2.36. The smallest absolute Gasteiger partial charge is 0.410 e. The molecule has 27 nitrogen and oxygen atoms in total. The SMILES string of the molecule is C1CCNCC1.CC(C)(C)OC(=O)N1CCN(c2cc3c(cn2)C(=O)N(C2CCC(=O)NC2=O)C3)CC1.COC(=O)c1cnc(Cl)cc1C.COC(=O)c1cnc(Cl)cc1CBr.Cl.NC1CCC(=O)NC1=O.O=C1CCC(N2Cc3cc(Cl)ncc3C2=O)C(=O)N1. The Hall–Kier alpha value is -7.47. The van der Waals surface area contributed by atoms with Gasteiger partial charge in [0.1, 0.15) is 39.0 Å². The molecule has 0 saturated carbocycles. The van der Waals surface area contributed by atoms with Gasteiger partial charge < -0.3 is 44.9 Å². The third kappa shape index (κ3) is 21.3. The number of fused-ring (bicyclic) bond motifs is 2. The van der Waals surface area contributed by atoms with Crippen molar-refractivity contribution in [3.05, 3.63) is 109 Å². The minimum absolute atomic E-state index is 0. The van der Waals surface area contributed by atoms with Crippen LogP contribution < -0.4 is 31.9 Å². The van der Waals surface area contributed by atoms with Crippen molar-refractivity contribution in [2.75, 3.05) is 58.4 Å². The van der Waals surface area contributed by atoms with Crippen molar-refractivity contribution < 1.29 is 67.0 Å². The van der Waals surface area contributed by atoms with Crippen LogP contribution in [0.4, 0.5) is 10.6 Å². The number of hydrogen-bond acceptors (Lipinski definition) is 21. The number of amides is 9. The highest BCUT2D eigenvalue weighted by Gasteiger charge is 2.41. The van der Waals surface area contributed by atoms with Crippen molar-refractivity contribution in [2.24, 2.45) is 5.73 Å². The summed E-state index contributed by atoms with van der Waals surface area (Å²) in [6.45, 7) is 12.7. The quantitative estimate of drug-likeness (QED) is 0.0517. The summed E-state index contributed by atoms with van der Waals surface area (Å²) in [6, 6.07) is 5.02. The molecule has 9 amide bonds. The average molecular weight is 1410 g/mol. The molecular formula is C59H72BrCl4N13O14. The lowest BCUT2D eigenvalue weighted by Crippen LogP contribution is -2.52. The van der Waals surface area contributed by atoms with Crippen molar-refractivity contribution in [2.45, 2.75) is 128 Å². The number of aryl methyl sites for hydroxylation is 1. The van der Waals surface area contributed by atoms with Crippen LogP contribution in [0, 0.1) is 6.92 Å². The summed E-state index contributed by atoms with van der Waals surface area (Å²) in [7, 11) is 2.66. The van der Waals surface area contributed by atoms with E-state index in [9.17, 15) is 52.7 Å². The number of rotatable bonds is 6. The largest absolute Gasteiger partial charge is 0.465 e. The number of aromatic nitrogens is 4. The number of carbonyl (C=O) groups excluding carboxylic acids is 11. The molecule has 91 heavy (non-hydrogen) atoms. The molecule has 7 aliphatic rings. The van der Waals surface area contributed by atoms with E-state index in [1.165, 1.54) is 75.0 Å². The molecule has 11 rings (SSSR count). The molecule has 4 aromatic rings. The van der Waals surface area contributed by atoms with Gasteiger partial charge in [-0.3, -0.25) is 54.3 Å². The molecule has 5 saturated heterocycles. The summed E-state index contributed by atoms with van der Waals surface area (Å²) in [4.78, 5) is 150. The Morgan fingerprint density at radius 3 is 1.54 bits per heavy atom. The number of alkyl halides is 1. The number of halogens is 5. The van der Waals surface area contributed by atoms with Crippen LogP contribution in [-0.4, -0.2) is 177 Å². The second-order valence-corrected chi connectivity index (χ2v) is 23.8. The number of carbonyl (C=O) groups is 11. The van der Waals surface area contributed by atoms with E-state index in [4.69, 9.17) is 45.3 Å². The molecule has 5 fully saturated rings. The fourth-order valence-corrected chi connectivity index (χ4v) is 10.8.